The van der Waals surface area contributed by atoms with Crippen LogP contribution in [0.2, 0.25) is 0 Å². The average Bonchev–Trinajstić information content (AvgIpc) is 2.27. The van der Waals surface area contributed by atoms with E-state index in [-0.39, 0.29) is 13.2 Å². The number of aromatic nitrogens is 1. The maximum absolute atomic E-state index is 11.7. The second-order valence-corrected chi connectivity index (χ2v) is 3.13. The van der Waals surface area contributed by atoms with Gasteiger partial charge < -0.3 is 10.1 Å². The first-order valence-corrected chi connectivity index (χ1v) is 4.75. The first kappa shape index (κ1) is 13.3. The third-order valence-electron chi connectivity index (χ3n) is 1.77. The highest BCUT2D eigenvalue weighted by molar-refractivity contribution is 5.55. The number of anilines is 1. The fraction of sp³-hybridized carbons (Fsp3) is 0.400. The molecule has 1 N–H and O–H groups in total. The Labute approximate surface area is 96.0 Å². The largest absolute Gasteiger partial charge is 0.411 e. The van der Waals surface area contributed by atoms with Gasteiger partial charge in [0.1, 0.15) is 12.7 Å². The highest BCUT2D eigenvalue weighted by atomic mass is 19.4. The predicted molar refractivity (Wildman–Crippen MR) is 54.3 cm³/mol. The van der Waals surface area contributed by atoms with E-state index in [0.717, 1.165) is 0 Å². The van der Waals surface area contributed by atoms with Gasteiger partial charge in [0, 0.05) is 12.7 Å². The molecule has 0 atom stereocenters. The Morgan fingerprint density at radius 2 is 2.24 bits per heavy atom. The molecule has 92 valence electrons. The van der Waals surface area contributed by atoms with E-state index in [1.807, 2.05) is 6.07 Å². The minimum atomic E-state index is -4.31. The molecule has 1 heterocycles. The van der Waals surface area contributed by atoms with Gasteiger partial charge in [0.25, 0.3) is 0 Å². The molecule has 0 fully saturated rings. The number of nitrogens with zero attached hydrogens (tertiary/aromatic N) is 2. The number of nitrogens with one attached hydrogen (secondary N) is 1. The summed E-state index contributed by atoms with van der Waals surface area (Å²) in [4.78, 5) is 3.80. The van der Waals surface area contributed by atoms with Crippen molar-refractivity contribution < 1.29 is 17.9 Å². The molecule has 0 radical (unpaired) electrons. The maximum Gasteiger partial charge on any atom is 0.411 e. The number of alkyl halides is 3. The molecule has 0 aliphatic heterocycles. The van der Waals surface area contributed by atoms with Gasteiger partial charge in [-0.25, -0.2) is 0 Å². The lowest BCUT2D eigenvalue weighted by atomic mass is 10.2. The van der Waals surface area contributed by atoms with Crippen molar-refractivity contribution >= 4 is 5.69 Å². The number of hydrogen-bond acceptors (Lipinski definition) is 4. The van der Waals surface area contributed by atoms with E-state index in [0.29, 0.717) is 11.3 Å². The summed E-state index contributed by atoms with van der Waals surface area (Å²) >= 11 is 0. The van der Waals surface area contributed by atoms with Crippen LogP contribution in [0.5, 0.6) is 0 Å². The molecule has 1 aromatic heterocycles. The third-order valence-corrected chi connectivity index (χ3v) is 1.77. The van der Waals surface area contributed by atoms with Crippen molar-refractivity contribution in [3.63, 3.8) is 0 Å². The number of halogens is 3. The van der Waals surface area contributed by atoms with Gasteiger partial charge in [-0.05, 0) is 6.07 Å². The van der Waals surface area contributed by atoms with Crippen LogP contribution in [0.1, 0.15) is 5.56 Å². The van der Waals surface area contributed by atoms with Crippen LogP contribution in [-0.2, 0) is 4.74 Å². The Balaban J connectivity index is 2.30. The van der Waals surface area contributed by atoms with Crippen LogP contribution in [0, 0.1) is 11.3 Å². The normalized spacial score (nSPS) is 10.9. The van der Waals surface area contributed by atoms with Gasteiger partial charge in [-0.15, -0.1) is 0 Å². The van der Waals surface area contributed by atoms with Crippen LogP contribution in [-0.4, -0.2) is 30.9 Å². The number of rotatable bonds is 5. The predicted octanol–water partition coefficient (Wildman–Crippen LogP) is 1.94. The fourth-order valence-corrected chi connectivity index (χ4v) is 1.08. The molecule has 1 aromatic rings. The van der Waals surface area contributed by atoms with Crippen LogP contribution in [0.25, 0.3) is 0 Å². The number of nitriles is 1. The molecule has 0 saturated carbocycles. The molecule has 0 saturated heterocycles. The second-order valence-electron chi connectivity index (χ2n) is 3.13. The Hall–Kier alpha value is -1.81. The van der Waals surface area contributed by atoms with Crippen molar-refractivity contribution in [2.45, 2.75) is 6.18 Å². The smallest absolute Gasteiger partial charge is 0.380 e. The third kappa shape index (κ3) is 5.17. The molecule has 4 nitrogen and oxygen atoms in total. The first-order valence-electron chi connectivity index (χ1n) is 4.75. The van der Waals surface area contributed by atoms with Crippen LogP contribution in [0.15, 0.2) is 18.5 Å². The Morgan fingerprint density at radius 1 is 1.47 bits per heavy atom. The van der Waals surface area contributed by atoms with E-state index < -0.39 is 12.8 Å². The van der Waals surface area contributed by atoms with E-state index >= 15 is 0 Å². The van der Waals surface area contributed by atoms with Crippen molar-refractivity contribution in [3.8, 4) is 6.07 Å². The summed E-state index contributed by atoms with van der Waals surface area (Å²) in [7, 11) is 0. The summed E-state index contributed by atoms with van der Waals surface area (Å²) in [6, 6.07) is 3.45. The Morgan fingerprint density at radius 3 is 2.88 bits per heavy atom. The lowest BCUT2D eigenvalue weighted by molar-refractivity contribution is -0.172. The van der Waals surface area contributed by atoms with Crippen molar-refractivity contribution in [1.82, 2.24) is 4.98 Å². The van der Waals surface area contributed by atoms with Gasteiger partial charge in [-0.2, -0.15) is 18.4 Å². The van der Waals surface area contributed by atoms with E-state index in [1.165, 1.54) is 18.5 Å². The quantitative estimate of drug-likeness (QED) is 0.805. The lowest BCUT2D eigenvalue weighted by Crippen LogP contribution is -2.20. The first-order chi connectivity index (χ1) is 8.03. The Kier molecular flexibility index (Phi) is 4.72. The van der Waals surface area contributed by atoms with Crippen LogP contribution in [0.3, 0.4) is 0 Å². The molecule has 0 aliphatic rings. The highest BCUT2D eigenvalue weighted by Crippen LogP contribution is 2.14. The summed E-state index contributed by atoms with van der Waals surface area (Å²) in [6.45, 7) is -1.19. The average molecular weight is 245 g/mol. The summed E-state index contributed by atoms with van der Waals surface area (Å²) in [5.41, 5.74) is 0.862. The summed E-state index contributed by atoms with van der Waals surface area (Å²) in [6.07, 6.45) is -1.42. The van der Waals surface area contributed by atoms with Gasteiger partial charge in [-0.1, -0.05) is 0 Å². The van der Waals surface area contributed by atoms with Crippen molar-refractivity contribution in [2.24, 2.45) is 0 Å². The van der Waals surface area contributed by atoms with Crippen molar-refractivity contribution in [3.05, 3.63) is 24.0 Å². The van der Waals surface area contributed by atoms with Crippen LogP contribution in [0.4, 0.5) is 18.9 Å². The van der Waals surface area contributed by atoms with Gasteiger partial charge >= 0.3 is 6.18 Å². The topological polar surface area (TPSA) is 57.9 Å². The molecule has 1 rings (SSSR count). The fourth-order valence-electron chi connectivity index (χ4n) is 1.08. The van der Waals surface area contributed by atoms with Gasteiger partial charge in [-0.3, -0.25) is 4.98 Å². The lowest BCUT2D eigenvalue weighted by Gasteiger charge is -2.09. The Bertz CT molecular complexity index is 401. The SMILES string of the molecule is N#Cc1ccncc1NCCOCC(F)(F)F. The van der Waals surface area contributed by atoms with E-state index in [1.54, 1.807) is 0 Å². The van der Waals surface area contributed by atoms with Crippen molar-refractivity contribution in [2.75, 3.05) is 25.1 Å². The standard InChI is InChI=1S/C10H10F3N3O/c11-10(12,13)7-17-4-3-16-9-6-15-2-1-8(9)5-14/h1-2,6,16H,3-4,7H2. The van der Waals surface area contributed by atoms with Gasteiger partial charge in [0.2, 0.25) is 0 Å². The minimum absolute atomic E-state index is 0.0979. The molecule has 17 heavy (non-hydrogen) atoms. The molecular weight excluding hydrogens is 235 g/mol. The summed E-state index contributed by atoms with van der Waals surface area (Å²) < 4.78 is 39.6. The van der Waals surface area contributed by atoms with Crippen LogP contribution < -0.4 is 5.32 Å². The highest BCUT2D eigenvalue weighted by Gasteiger charge is 2.27. The van der Waals surface area contributed by atoms with E-state index in [4.69, 9.17) is 5.26 Å². The maximum atomic E-state index is 11.7. The molecular formula is C10H10F3N3O. The van der Waals surface area contributed by atoms with E-state index in [2.05, 4.69) is 15.0 Å². The van der Waals surface area contributed by atoms with Crippen molar-refractivity contribution in [1.29, 1.82) is 5.26 Å². The molecule has 0 amide bonds. The number of ether oxygens (including phenoxy) is 1. The monoisotopic (exact) mass is 245 g/mol. The molecule has 0 aromatic carbocycles. The molecule has 7 heteroatoms. The zero-order valence-corrected chi connectivity index (χ0v) is 8.79. The van der Waals surface area contributed by atoms with E-state index in [9.17, 15) is 13.2 Å². The van der Waals surface area contributed by atoms with Gasteiger partial charge in [0.05, 0.1) is 24.1 Å². The molecule has 0 bridgehead atoms. The summed E-state index contributed by atoms with van der Waals surface area (Å²) in [5.74, 6) is 0. The van der Waals surface area contributed by atoms with Gasteiger partial charge in [0.15, 0.2) is 0 Å². The number of hydrogen-bond donors (Lipinski definition) is 1. The summed E-state index contributed by atoms with van der Waals surface area (Å²) in [5, 5.41) is 11.5. The zero-order valence-electron chi connectivity index (χ0n) is 8.79. The zero-order chi connectivity index (χ0) is 12.7. The second kappa shape index (κ2) is 6.06. The molecule has 0 spiro atoms. The molecule has 0 aliphatic carbocycles. The minimum Gasteiger partial charge on any atom is -0.380 e. The number of pyridine rings is 1. The molecule has 0 unspecified atom stereocenters. The van der Waals surface area contributed by atoms with Crippen LogP contribution >= 0.6 is 0 Å².